The highest BCUT2D eigenvalue weighted by molar-refractivity contribution is 6.01. The summed E-state index contributed by atoms with van der Waals surface area (Å²) in [6, 6.07) is 0.410. The maximum atomic E-state index is 13.5. The minimum absolute atomic E-state index is 0.161. The van der Waals surface area contributed by atoms with Crippen molar-refractivity contribution in [2.45, 2.75) is 91.4 Å². The van der Waals surface area contributed by atoms with E-state index in [9.17, 15) is 48.6 Å². The highest BCUT2D eigenvalue weighted by Gasteiger charge is 2.34. The Kier molecular flexibility index (Phi) is 14.3. The van der Waals surface area contributed by atoms with Crippen molar-refractivity contribution in [2.75, 3.05) is 5.32 Å². The van der Waals surface area contributed by atoms with Crippen LogP contribution < -0.4 is 32.2 Å². The molecule has 5 atom stereocenters. The third kappa shape index (κ3) is 11.5. The van der Waals surface area contributed by atoms with Gasteiger partial charge in [-0.1, -0.05) is 34.1 Å². The van der Waals surface area contributed by atoms with Crippen LogP contribution in [0.5, 0.6) is 0 Å². The van der Waals surface area contributed by atoms with E-state index in [2.05, 4.69) is 26.6 Å². The number of hydrogen-bond acceptors (Lipinski definition) is 9. The summed E-state index contributed by atoms with van der Waals surface area (Å²) in [5.74, 6) is -7.54. The first-order chi connectivity index (χ1) is 22.4. The molecule has 1 heterocycles. The Morgan fingerprint density at radius 1 is 0.792 bits per heavy atom. The average molecular weight is 674 g/mol. The molecule has 0 aliphatic rings. The zero-order chi connectivity index (χ0) is 36.3. The molecule has 0 saturated heterocycles. The third-order valence-corrected chi connectivity index (χ3v) is 7.61. The third-order valence-electron chi connectivity index (χ3n) is 7.61. The molecule has 16 heteroatoms. The molecule has 5 amide bonds. The zero-order valence-electron chi connectivity index (χ0n) is 27.7. The van der Waals surface area contributed by atoms with Crippen LogP contribution in [0.4, 0.5) is 5.69 Å². The summed E-state index contributed by atoms with van der Waals surface area (Å²) in [5.41, 5.74) is 0.381. The van der Waals surface area contributed by atoms with E-state index in [1.807, 2.05) is 0 Å². The Labute approximate surface area is 276 Å². The fraction of sp³-hybridized carbons (Fsp3) is 0.500. The summed E-state index contributed by atoms with van der Waals surface area (Å²) < 4.78 is 5.19. The molecule has 0 spiro atoms. The minimum Gasteiger partial charge on any atom is -0.481 e. The maximum Gasteiger partial charge on any atom is 0.336 e. The molecule has 0 bridgehead atoms. The quantitative estimate of drug-likeness (QED) is 0.117. The number of benzene rings is 1. The summed E-state index contributed by atoms with van der Waals surface area (Å²) in [4.78, 5) is 99.6. The second-order valence-electron chi connectivity index (χ2n) is 11.9. The van der Waals surface area contributed by atoms with Crippen LogP contribution in [0, 0.1) is 18.8 Å². The lowest BCUT2D eigenvalue weighted by molar-refractivity contribution is -0.141. The van der Waals surface area contributed by atoms with Crippen molar-refractivity contribution in [1.29, 1.82) is 0 Å². The molecule has 1 aromatic carbocycles. The van der Waals surface area contributed by atoms with Crippen LogP contribution in [-0.4, -0.2) is 75.9 Å². The van der Waals surface area contributed by atoms with E-state index in [4.69, 9.17) is 4.42 Å². The van der Waals surface area contributed by atoms with Crippen LogP contribution in [0.2, 0.25) is 0 Å². The Balaban J connectivity index is 2.31. The number of hydrogen-bond donors (Lipinski definition) is 7. The molecule has 0 aliphatic carbocycles. The smallest absolute Gasteiger partial charge is 0.336 e. The fourth-order valence-electron chi connectivity index (χ4n) is 4.79. The molecule has 262 valence electrons. The predicted molar refractivity (Wildman–Crippen MR) is 173 cm³/mol. The number of aryl methyl sites for hydroxylation is 1. The van der Waals surface area contributed by atoms with Gasteiger partial charge in [0.1, 0.15) is 29.8 Å². The van der Waals surface area contributed by atoms with Crippen molar-refractivity contribution >= 4 is 58.1 Å². The zero-order valence-corrected chi connectivity index (χ0v) is 27.7. The number of aliphatic carboxylic acids is 2. The molecule has 48 heavy (non-hydrogen) atoms. The van der Waals surface area contributed by atoms with Crippen LogP contribution in [0.1, 0.15) is 65.9 Å². The molecular weight excluding hydrogens is 630 g/mol. The average Bonchev–Trinajstić information content (AvgIpc) is 2.98. The van der Waals surface area contributed by atoms with Crippen LogP contribution in [0.25, 0.3) is 11.0 Å². The highest BCUT2D eigenvalue weighted by Crippen LogP contribution is 2.21. The summed E-state index contributed by atoms with van der Waals surface area (Å²) >= 11 is 0. The van der Waals surface area contributed by atoms with Crippen LogP contribution in [-0.2, 0) is 33.6 Å². The van der Waals surface area contributed by atoms with Gasteiger partial charge in [-0.15, -0.1) is 0 Å². The molecule has 2 aromatic rings. The van der Waals surface area contributed by atoms with Crippen molar-refractivity contribution in [3.8, 4) is 0 Å². The Morgan fingerprint density at radius 2 is 1.42 bits per heavy atom. The van der Waals surface area contributed by atoms with Crippen molar-refractivity contribution in [3.05, 3.63) is 40.2 Å². The molecule has 2 rings (SSSR count). The van der Waals surface area contributed by atoms with Gasteiger partial charge in [-0.3, -0.25) is 33.6 Å². The SMILES string of the molecule is CC[C@H](C)[C@@H](NC(=O)[C@H](CCC(=O)O)NC(=O)[C@@H](NC(C)=O)C(C)C)C(=O)N[C@@H](CC(=O)O)C(=O)Nc1ccc2c(C)cc(=O)oc2c1. The van der Waals surface area contributed by atoms with Gasteiger partial charge in [0, 0.05) is 36.6 Å². The van der Waals surface area contributed by atoms with Gasteiger partial charge < -0.3 is 41.2 Å². The summed E-state index contributed by atoms with van der Waals surface area (Å²) in [6.07, 6.45) is -1.33. The number of carboxylic acid groups (broad SMARTS) is 2. The summed E-state index contributed by atoms with van der Waals surface area (Å²) in [6.45, 7) is 9.60. The largest absolute Gasteiger partial charge is 0.481 e. The number of carbonyl (C=O) groups is 7. The molecule has 0 radical (unpaired) electrons. The minimum atomic E-state index is -1.61. The van der Waals surface area contributed by atoms with Crippen LogP contribution >= 0.6 is 0 Å². The highest BCUT2D eigenvalue weighted by atomic mass is 16.4. The standard InChI is InChI=1S/C32H43N5O11/c1-7-16(4)28(37-29(44)21(10-11-24(39)40)35-31(46)27(15(2)3)33-18(6)38)32(47)36-22(14-25(41)42)30(45)34-19-8-9-20-17(5)12-26(43)48-23(20)13-19/h8-9,12-13,15-16,21-22,27-28H,7,10-11,14H2,1-6H3,(H,33,38)(H,34,45)(H,35,46)(H,36,47)(H,37,44)(H,39,40)(H,41,42)/t16-,21-,22-,27-,28+/m0/s1. The lowest BCUT2D eigenvalue weighted by Crippen LogP contribution is -2.60. The number of anilines is 1. The first-order valence-electron chi connectivity index (χ1n) is 15.4. The van der Waals surface area contributed by atoms with Gasteiger partial charge in [-0.05, 0) is 42.9 Å². The molecule has 1 aromatic heterocycles. The first-order valence-corrected chi connectivity index (χ1v) is 15.4. The van der Waals surface area contributed by atoms with E-state index in [-0.39, 0.29) is 23.6 Å². The summed E-state index contributed by atoms with van der Waals surface area (Å²) in [5, 5.41) is 31.7. The predicted octanol–water partition coefficient (Wildman–Crippen LogP) is 1.04. The number of amides is 5. The van der Waals surface area contributed by atoms with Crippen molar-refractivity contribution in [3.63, 3.8) is 0 Å². The lowest BCUT2D eigenvalue weighted by atomic mass is 9.96. The summed E-state index contributed by atoms with van der Waals surface area (Å²) in [7, 11) is 0. The van der Waals surface area contributed by atoms with Gasteiger partial charge >= 0.3 is 17.6 Å². The molecule has 0 saturated carbocycles. The van der Waals surface area contributed by atoms with Crippen LogP contribution in [0.3, 0.4) is 0 Å². The molecule has 0 unspecified atom stereocenters. The van der Waals surface area contributed by atoms with Gasteiger partial charge in [0.2, 0.25) is 29.5 Å². The normalized spacial score (nSPS) is 14.1. The second kappa shape index (κ2) is 17.6. The van der Waals surface area contributed by atoms with Gasteiger partial charge in [0.15, 0.2) is 0 Å². The number of rotatable bonds is 17. The topological polar surface area (TPSA) is 250 Å². The first kappa shape index (κ1) is 38.9. The Hall–Kier alpha value is -5.28. The molecule has 0 aliphatic heterocycles. The molecule has 16 nitrogen and oxygen atoms in total. The fourth-order valence-corrected chi connectivity index (χ4v) is 4.79. The lowest BCUT2D eigenvalue weighted by Gasteiger charge is -2.29. The van der Waals surface area contributed by atoms with E-state index in [0.29, 0.717) is 17.4 Å². The van der Waals surface area contributed by atoms with Gasteiger partial charge in [-0.2, -0.15) is 0 Å². The Morgan fingerprint density at radius 3 is 1.98 bits per heavy atom. The second-order valence-corrected chi connectivity index (χ2v) is 11.9. The van der Waals surface area contributed by atoms with E-state index in [1.165, 1.54) is 25.1 Å². The number of carbonyl (C=O) groups excluding carboxylic acids is 5. The van der Waals surface area contributed by atoms with Gasteiger partial charge in [0.05, 0.1) is 6.42 Å². The van der Waals surface area contributed by atoms with Crippen molar-refractivity contribution < 1.29 is 48.2 Å². The number of fused-ring (bicyclic) bond motifs is 1. The number of nitrogens with one attached hydrogen (secondary N) is 5. The van der Waals surface area contributed by atoms with Crippen LogP contribution in [0.15, 0.2) is 33.5 Å². The van der Waals surface area contributed by atoms with E-state index >= 15 is 0 Å². The Bertz CT molecular complexity index is 1600. The number of carboxylic acids is 2. The van der Waals surface area contributed by atoms with E-state index in [1.54, 1.807) is 40.7 Å². The van der Waals surface area contributed by atoms with Crippen molar-refractivity contribution in [1.82, 2.24) is 21.3 Å². The van der Waals surface area contributed by atoms with Crippen molar-refractivity contribution in [2.24, 2.45) is 11.8 Å². The molecular formula is C32H43N5O11. The molecule has 7 N–H and O–H groups in total. The molecule has 0 fully saturated rings. The van der Waals surface area contributed by atoms with E-state index < -0.39 is 90.0 Å². The van der Waals surface area contributed by atoms with Gasteiger partial charge in [0.25, 0.3) is 0 Å². The van der Waals surface area contributed by atoms with E-state index in [0.717, 1.165) is 0 Å². The van der Waals surface area contributed by atoms with Gasteiger partial charge in [-0.25, -0.2) is 4.79 Å². The maximum absolute atomic E-state index is 13.5. The monoisotopic (exact) mass is 673 g/mol.